The fourth-order valence-corrected chi connectivity index (χ4v) is 1.21. The normalized spacial score (nSPS) is 13.3. The Morgan fingerprint density at radius 3 is 2.29 bits per heavy atom. The highest BCUT2D eigenvalue weighted by molar-refractivity contribution is 6.30. The van der Waals surface area contributed by atoms with Crippen molar-refractivity contribution in [2.24, 2.45) is 0 Å². The van der Waals surface area contributed by atoms with Crippen molar-refractivity contribution in [2.75, 3.05) is 0 Å². The molecule has 1 nitrogen and oxygen atoms in total. The van der Waals surface area contributed by atoms with Gasteiger partial charge in [-0.25, -0.2) is 18.2 Å². The van der Waals surface area contributed by atoms with E-state index < -0.39 is 40.9 Å². The lowest BCUT2D eigenvalue weighted by atomic mass is 10.2. The first kappa shape index (κ1) is 13.8. The summed E-state index contributed by atoms with van der Waals surface area (Å²) < 4.78 is 73.6. The highest BCUT2D eigenvalue weighted by Crippen LogP contribution is 2.32. The number of halogens is 7. The molecule has 0 unspecified atom stereocenters. The van der Waals surface area contributed by atoms with Crippen molar-refractivity contribution in [3.05, 3.63) is 34.9 Å². The molecule has 0 saturated heterocycles. The molecule has 0 bridgehead atoms. The van der Waals surface area contributed by atoms with Gasteiger partial charge in [-0.1, -0.05) is 11.6 Å². The van der Waals surface area contributed by atoms with Crippen molar-refractivity contribution in [3.8, 4) is 0 Å². The van der Waals surface area contributed by atoms with Crippen LogP contribution in [0.3, 0.4) is 0 Å². The van der Waals surface area contributed by atoms with Crippen LogP contribution in [0.15, 0.2) is 18.5 Å². The van der Waals surface area contributed by atoms with E-state index in [0.717, 1.165) is 6.07 Å². The zero-order valence-corrected chi connectivity index (χ0v) is 8.66. The Morgan fingerprint density at radius 1 is 1.29 bits per heavy atom. The molecule has 0 aliphatic rings. The van der Waals surface area contributed by atoms with Gasteiger partial charge in [0.1, 0.15) is 5.69 Å². The number of aromatic nitrogens is 1. The van der Waals surface area contributed by atoms with Crippen molar-refractivity contribution in [3.63, 3.8) is 0 Å². The molecule has 94 valence electrons. The third kappa shape index (κ3) is 3.36. The molecule has 1 heterocycles. The third-order valence-electron chi connectivity index (χ3n) is 1.73. The molecule has 1 rings (SSSR count). The molecule has 0 saturated carbocycles. The van der Waals surface area contributed by atoms with Gasteiger partial charge in [-0.3, -0.25) is 0 Å². The van der Waals surface area contributed by atoms with Gasteiger partial charge < -0.3 is 0 Å². The lowest BCUT2D eigenvalue weighted by Crippen LogP contribution is -2.10. The zero-order valence-electron chi connectivity index (χ0n) is 7.90. The molecule has 0 N–H and O–H groups in total. The zero-order chi connectivity index (χ0) is 13.2. The monoisotopic (exact) mass is 275 g/mol. The first-order valence-electron chi connectivity index (χ1n) is 4.09. The topological polar surface area (TPSA) is 12.9 Å². The van der Waals surface area contributed by atoms with Crippen LogP contribution in [-0.4, -0.2) is 11.4 Å². The Balaban J connectivity index is 3.32. The second kappa shape index (κ2) is 4.95. The summed E-state index contributed by atoms with van der Waals surface area (Å²) in [7, 11) is 0. The number of pyridine rings is 1. The molecule has 0 spiro atoms. The van der Waals surface area contributed by atoms with Crippen molar-refractivity contribution in [1.82, 2.24) is 4.98 Å². The fourth-order valence-electron chi connectivity index (χ4n) is 1.01. The van der Waals surface area contributed by atoms with Gasteiger partial charge in [0.15, 0.2) is 0 Å². The van der Waals surface area contributed by atoms with Gasteiger partial charge in [-0.2, -0.15) is 13.2 Å². The van der Waals surface area contributed by atoms with Gasteiger partial charge in [-0.15, -0.1) is 0 Å². The molecule has 0 aliphatic carbocycles. The van der Waals surface area contributed by atoms with E-state index in [0.29, 0.717) is 6.07 Å². The van der Waals surface area contributed by atoms with Crippen LogP contribution >= 0.6 is 11.6 Å². The lowest BCUT2D eigenvalue weighted by molar-refractivity contribution is -0.141. The van der Waals surface area contributed by atoms with Crippen molar-refractivity contribution in [2.45, 2.75) is 12.6 Å². The molecule has 0 aliphatic heterocycles. The van der Waals surface area contributed by atoms with Crippen molar-refractivity contribution < 1.29 is 26.3 Å². The Hall–Kier alpha value is -1.24. The van der Waals surface area contributed by atoms with Gasteiger partial charge in [0.2, 0.25) is 0 Å². The Kier molecular flexibility index (Phi) is 4.03. The SMILES string of the molecule is FC=C(c1cc(Cl)cc(C(F)(F)F)n1)C(F)F. The molecule has 0 radical (unpaired) electrons. The van der Waals surface area contributed by atoms with E-state index in [9.17, 15) is 26.3 Å². The number of rotatable bonds is 2. The largest absolute Gasteiger partial charge is 0.433 e. The first-order valence-corrected chi connectivity index (χ1v) is 4.47. The van der Waals surface area contributed by atoms with Gasteiger partial charge in [0, 0.05) is 5.02 Å². The molecule has 1 aromatic rings. The van der Waals surface area contributed by atoms with Crippen LogP contribution in [0.2, 0.25) is 5.02 Å². The molecule has 0 amide bonds. The molecular weight excluding hydrogens is 272 g/mol. The summed E-state index contributed by atoms with van der Waals surface area (Å²) in [5, 5.41) is -0.456. The van der Waals surface area contributed by atoms with Gasteiger partial charge in [-0.05, 0) is 12.1 Å². The second-order valence-electron chi connectivity index (χ2n) is 2.92. The number of hydrogen-bond donors (Lipinski definition) is 0. The van der Waals surface area contributed by atoms with Crippen LogP contribution < -0.4 is 0 Å². The molecule has 17 heavy (non-hydrogen) atoms. The smallest absolute Gasteiger partial charge is 0.243 e. The van der Waals surface area contributed by atoms with Crippen LogP contribution in [0.25, 0.3) is 5.57 Å². The fraction of sp³-hybridized carbons (Fsp3) is 0.222. The predicted octanol–water partition coefficient (Wildman–Crippen LogP) is 4.33. The summed E-state index contributed by atoms with van der Waals surface area (Å²) in [6.45, 7) is 0. The second-order valence-corrected chi connectivity index (χ2v) is 3.36. The highest BCUT2D eigenvalue weighted by Gasteiger charge is 2.33. The van der Waals surface area contributed by atoms with Crippen molar-refractivity contribution >= 4 is 17.2 Å². The van der Waals surface area contributed by atoms with Crippen LogP contribution in [0.1, 0.15) is 11.4 Å². The summed E-state index contributed by atoms with van der Waals surface area (Å²) in [5.74, 6) is 0. The Bertz CT molecular complexity index is 440. The minimum Gasteiger partial charge on any atom is -0.243 e. The maximum Gasteiger partial charge on any atom is 0.433 e. The highest BCUT2D eigenvalue weighted by atomic mass is 35.5. The van der Waals surface area contributed by atoms with E-state index >= 15 is 0 Å². The molecule has 0 atom stereocenters. The third-order valence-corrected chi connectivity index (χ3v) is 1.95. The van der Waals surface area contributed by atoms with E-state index in [1.807, 2.05) is 0 Å². The summed E-state index contributed by atoms with van der Waals surface area (Å²) >= 11 is 5.33. The van der Waals surface area contributed by atoms with Gasteiger partial charge in [0.25, 0.3) is 6.43 Å². The molecule has 1 aromatic heterocycles. The first-order chi connectivity index (χ1) is 7.75. The van der Waals surface area contributed by atoms with Crippen LogP contribution in [0, 0.1) is 0 Å². The molecule has 8 heteroatoms. The molecule has 0 fully saturated rings. The average Bonchev–Trinajstić information content (AvgIpc) is 2.15. The average molecular weight is 276 g/mol. The van der Waals surface area contributed by atoms with Gasteiger partial charge in [0.05, 0.1) is 17.6 Å². The summed E-state index contributed by atoms with van der Waals surface area (Å²) in [6.07, 6.45) is -8.63. The van der Waals surface area contributed by atoms with Crippen molar-refractivity contribution in [1.29, 1.82) is 0 Å². The maximum absolute atomic E-state index is 12.3. The minimum atomic E-state index is -4.84. The van der Waals surface area contributed by atoms with Crippen LogP contribution in [0.5, 0.6) is 0 Å². The number of alkyl halides is 5. The quantitative estimate of drug-likeness (QED) is 0.732. The van der Waals surface area contributed by atoms with E-state index in [2.05, 4.69) is 4.98 Å². The summed E-state index contributed by atoms with van der Waals surface area (Å²) in [4.78, 5) is 2.90. The van der Waals surface area contributed by atoms with E-state index in [4.69, 9.17) is 11.6 Å². The molecule has 0 aromatic carbocycles. The van der Waals surface area contributed by atoms with E-state index in [1.54, 1.807) is 0 Å². The number of nitrogens with zero attached hydrogens (tertiary/aromatic N) is 1. The van der Waals surface area contributed by atoms with Crippen LogP contribution in [-0.2, 0) is 6.18 Å². The Labute approximate surface area is 96.7 Å². The van der Waals surface area contributed by atoms with E-state index in [-0.39, 0.29) is 0 Å². The number of hydrogen-bond acceptors (Lipinski definition) is 1. The van der Waals surface area contributed by atoms with E-state index in [1.165, 1.54) is 0 Å². The minimum absolute atomic E-state index is 0.456. The van der Waals surface area contributed by atoms with Gasteiger partial charge >= 0.3 is 6.18 Å². The maximum atomic E-state index is 12.3. The molecular formula is C9H4ClF6N. The predicted molar refractivity (Wildman–Crippen MR) is 49.3 cm³/mol. The summed E-state index contributed by atoms with van der Waals surface area (Å²) in [5.41, 5.74) is -3.56. The number of allylic oxidation sites excluding steroid dienone is 1. The Morgan fingerprint density at radius 2 is 1.88 bits per heavy atom. The lowest BCUT2D eigenvalue weighted by Gasteiger charge is -2.10. The van der Waals surface area contributed by atoms with Crippen LogP contribution in [0.4, 0.5) is 26.3 Å². The standard InChI is InChI=1S/C9H4ClF6N/c10-4-1-6(5(3-11)8(12)13)17-7(2-4)9(14,15)16/h1-3,8H. The summed E-state index contributed by atoms with van der Waals surface area (Å²) in [6, 6.07) is 1.20.